The van der Waals surface area contributed by atoms with Gasteiger partial charge in [0.05, 0.1) is 0 Å². The molecule has 9 heavy (non-hydrogen) atoms. The van der Waals surface area contributed by atoms with Crippen LogP contribution in [0.2, 0.25) is 0 Å². The van der Waals surface area contributed by atoms with Crippen molar-refractivity contribution in [2.24, 2.45) is 5.92 Å². The molecule has 0 fully saturated rings. The van der Waals surface area contributed by atoms with Crippen molar-refractivity contribution in [3.05, 3.63) is 17.9 Å². The lowest BCUT2D eigenvalue weighted by Gasteiger charge is -2.00. The van der Waals surface area contributed by atoms with Crippen LogP contribution in [0, 0.1) is 5.92 Å². The lowest BCUT2D eigenvalue weighted by atomic mass is 10.1. The van der Waals surface area contributed by atoms with Crippen molar-refractivity contribution in [1.29, 1.82) is 0 Å². The van der Waals surface area contributed by atoms with Gasteiger partial charge in [-0.25, -0.2) is 0 Å². The first kappa shape index (κ1) is 8.48. The molecule has 0 radical (unpaired) electrons. The zero-order valence-corrected chi connectivity index (χ0v) is 6.09. The quantitative estimate of drug-likeness (QED) is 0.571. The van der Waals surface area contributed by atoms with E-state index in [-0.39, 0.29) is 6.61 Å². The van der Waals surface area contributed by atoms with Gasteiger partial charge in [-0.3, -0.25) is 0 Å². The Hall–Kier alpha value is -0.520. The zero-order chi connectivity index (χ0) is 7.11. The minimum Gasteiger partial charge on any atom is -0.396 e. The average Bonchev–Trinajstić information content (AvgIpc) is 1.91. The van der Waals surface area contributed by atoms with Crippen LogP contribution in [0.25, 0.3) is 0 Å². The molecule has 0 amide bonds. The molecule has 0 bridgehead atoms. The Morgan fingerprint density at radius 3 is 2.67 bits per heavy atom. The van der Waals surface area contributed by atoms with Crippen LogP contribution in [0.3, 0.4) is 0 Å². The Kier molecular flexibility index (Phi) is 5.29. The summed E-state index contributed by atoms with van der Waals surface area (Å²) in [4.78, 5) is 0. The summed E-state index contributed by atoms with van der Waals surface area (Å²) in [6.45, 7) is 4.20. The Labute approximate surface area is 56.7 Å². The molecule has 1 atom stereocenters. The van der Waals surface area contributed by atoms with Gasteiger partial charge in [0.15, 0.2) is 0 Å². The summed E-state index contributed by atoms with van der Waals surface area (Å²) < 4.78 is 0. The van der Waals surface area contributed by atoms with Crippen molar-refractivity contribution in [2.75, 3.05) is 6.61 Å². The monoisotopic (exact) mass is 126 g/mol. The van der Waals surface area contributed by atoms with E-state index in [1.54, 1.807) is 0 Å². The van der Waals surface area contributed by atoms with E-state index in [1.807, 2.05) is 19.1 Å². The van der Waals surface area contributed by atoms with Crippen LogP contribution in [-0.4, -0.2) is 11.7 Å². The summed E-state index contributed by atoms with van der Waals surface area (Å²) >= 11 is 0. The van der Waals surface area contributed by atoms with E-state index in [4.69, 9.17) is 5.11 Å². The SMILES string of the molecule is CC=C=CC(CC)CO. The highest BCUT2D eigenvalue weighted by molar-refractivity contribution is 4.86. The Bertz CT molecular complexity index is 106. The third kappa shape index (κ3) is 4.01. The second-order valence-corrected chi connectivity index (χ2v) is 1.97. The molecule has 0 aliphatic rings. The maximum absolute atomic E-state index is 8.67. The van der Waals surface area contributed by atoms with E-state index < -0.39 is 0 Å². The largest absolute Gasteiger partial charge is 0.396 e. The minimum atomic E-state index is 0.233. The van der Waals surface area contributed by atoms with Gasteiger partial charge in [0.1, 0.15) is 0 Å². The number of rotatable bonds is 3. The number of aliphatic hydroxyl groups excluding tert-OH is 1. The molecule has 1 unspecified atom stereocenters. The van der Waals surface area contributed by atoms with Gasteiger partial charge in [-0.2, -0.15) is 0 Å². The zero-order valence-electron chi connectivity index (χ0n) is 6.09. The van der Waals surface area contributed by atoms with Crippen molar-refractivity contribution in [3.63, 3.8) is 0 Å². The molecular weight excluding hydrogens is 112 g/mol. The molecule has 0 heterocycles. The molecule has 0 rings (SSSR count). The summed E-state index contributed by atoms with van der Waals surface area (Å²) in [7, 11) is 0. The fourth-order valence-corrected chi connectivity index (χ4v) is 0.532. The van der Waals surface area contributed by atoms with Gasteiger partial charge < -0.3 is 5.11 Å². The number of hydrogen-bond donors (Lipinski definition) is 1. The first-order chi connectivity index (χ1) is 4.35. The van der Waals surface area contributed by atoms with E-state index in [0.717, 1.165) is 6.42 Å². The summed E-state index contributed by atoms with van der Waals surface area (Å²) in [5.74, 6) is 0.293. The molecule has 0 saturated heterocycles. The van der Waals surface area contributed by atoms with Gasteiger partial charge in [-0.15, -0.1) is 5.73 Å². The predicted molar refractivity (Wildman–Crippen MR) is 39.2 cm³/mol. The molecule has 0 aromatic rings. The minimum absolute atomic E-state index is 0.233. The van der Waals surface area contributed by atoms with Crippen molar-refractivity contribution >= 4 is 0 Å². The van der Waals surface area contributed by atoms with Crippen molar-refractivity contribution in [1.82, 2.24) is 0 Å². The maximum atomic E-state index is 8.67. The van der Waals surface area contributed by atoms with Gasteiger partial charge in [-0.05, 0) is 25.5 Å². The topological polar surface area (TPSA) is 20.2 Å². The van der Waals surface area contributed by atoms with Crippen LogP contribution in [0.15, 0.2) is 17.9 Å². The van der Waals surface area contributed by atoms with E-state index in [0.29, 0.717) is 5.92 Å². The van der Waals surface area contributed by atoms with Gasteiger partial charge in [0.2, 0.25) is 0 Å². The molecule has 1 nitrogen and oxygen atoms in total. The van der Waals surface area contributed by atoms with Gasteiger partial charge in [-0.1, -0.05) is 6.92 Å². The third-order valence-corrected chi connectivity index (χ3v) is 1.26. The van der Waals surface area contributed by atoms with Crippen LogP contribution >= 0.6 is 0 Å². The summed E-state index contributed by atoms with van der Waals surface area (Å²) in [5, 5.41) is 8.67. The molecule has 0 aliphatic carbocycles. The van der Waals surface area contributed by atoms with E-state index >= 15 is 0 Å². The lowest BCUT2D eigenvalue weighted by molar-refractivity contribution is 0.250. The second kappa shape index (κ2) is 5.61. The lowest BCUT2D eigenvalue weighted by Crippen LogP contribution is -1.98. The molecular formula is C8H14O. The highest BCUT2D eigenvalue weighted by Crippen LogP contribution is 2.00. The number of hydrogen-bond acceptors (Lipinski definition) is 1. The van der Waals surface area contributed by atoms with Gasteiger partial charge in [0.25, 0.3) is 0 Å². The molecule has 1 N–H and O–H groups in total. The highest BCUT2D eigenvalue weighted by atomic mass is 16.3. The Morgan fingerprint density at radius 1 is 1.67 bits per heavy atom. The highest BCUT2D eigenvalue weighted by Gasteiger charge is 1.95. The predicted octanol–water partition coefficient (Wildman–Crippen LogP) is 1.74. The van der Waals surface area contributed by atoms with Gasteiger partial charge in [0, 0.05) is 12.5 Å². The van der Waals surface area contributed by atoms with E-state index in [9.17, 15) is 0 Å². The smallest absolute Gasteiger partial charge is 0.0499 e. The molecule has 1 heteroatoms. The molecule has 0 aromatic carbocycles. The first-order valence-electron chi connectivity index (χ1n) is 3.33. The third-order valence-electron chi connectivity index (χ3n) is 1.26. The Balaban J connectivity index is 3.68. The fraction of sp³-hybridized carbons (Fsp3) is 0.625. The van der Waals surface area contributed by atoms with Crippen LogP contribution in [0.4, 0.5) is 0 Å². The number of aliphatic hydroxyl groups is 1. The Morgan fingerprint density at radius 2 is 2.33 bits per heavy atom. The van der Waals surface area contributed by atoms with Crippen molar-refractivity contribution in [3.8, 4) is 0 Å². The van der Waals surface area contributed by atoms with E-state index in [1.165, 1.54) is 0 Å². The molecule has 0 saturated carbocycles. The summed E-state index contributed by atoms with van der Waals surface area (Å²) in [5.41, 5.74) is 2.94. The summed E-state index contributed by atoms with van der Waals surface area (Å²) in [6, 6.07) is 0. The molecule has 0 spiro atoms. The van der Waals surface area contributed by atoms with Crippen LogP contribution in [-0.2, 0) is 0 Å². The second-order valence-electron chi connectivity index (χ2n) is 1.97. The van der Waals surface area contributed by atoms with Crippen molar-refractivity contribution in [2.45, 2.75) is 20.3 Å². The first-order valence-corrected chi connectivity index (χ1v) is 3.33. The van der Waals surface area contributed by atoms with E-state index in [2.05, 4.69) is 12.7 Å². The van der Waals surface area contributed by atoms with Gasteiger partial charge >= 0.3 is 0 Å². The summed E-state index contributed by atoms with van der Waals surface area (Å²) in [6.07, 6.45) is 4.73. The molecule has 0 aliphatic heterocycles. The standard InChI is InChI=1S/C8H14O/c1-3-5-6-8(4-2)7-9/h3,6,8-9H,4,7H2,1-2H3. The van der Waals surface area contributed by atoms with Crippen LogP contribution < -0.4 is 0 Å². The molecule has 0 aromatic heterocycles. The normalized spacial score (nSPS) is 11.9. The van der Waals surface area contributed by atoms with Crippen molar-refractivity contribution < 1.29 is 5.11 Å². The fourth-order valence-electron chi connectivity index (χ4n) is 0.532. The average molecular weight is 126 g/mol. The maximum Gasteiger partial charge on any atom is 0.0499 e. The van der Waals surface area contributed by atoms with Crippen LogP contribution in [0.5, 0.6) is 0 Å². The van der Waals surface area contributed by atoms with Crippen LogP contribution in [0.1, 0.15) is 20.3 Å². The molecule has 52 valence electrons.